The van der Waals surface area contributed by atoms with Gasteiger partial charge in [-0.2, -0.15) is 13.9 Å². The van der Waals surface area contributed by atoms with E-state index < -0.39 is 6.55 Å². The van der Waals surface area contributed by atoms with Crippen LogP contribution in [0.15, 0.2) is 18.6 Å². The lowest BCUT2D eigenvalue weighted by Gasteiger charge is -2.20. The number of rotatable bonds is 3. The number of fused-ring (bicyclic) bond motifs is 1. The molecule has 0 N–H and O–H groups in total. The van der Waals surface area contributed by atoms with Crippen LogP contribution in [0.3, 0.4) is 0 Å². The van der Waals surface area contributed by atoms with Crippen molar-refractivity contribution < 1.29 is 13.6 Å². The zero-order chi connectivity index (χ0) is 16.8. The minimum atomic E-state index is -2.65. The van der Waals surface area contributed by atoms with E-state index in [9.17, 15) is 13.6 Å². The third kappa shape index (κ3) is 2.59. The Hall–Kier alpha value is -2.25. The van der Waals surface area contributed by atoms with E-state index >= 15 is 0 Å². The van der Waals surface area contributed by atoms with Gasteiger partial charge in [0.1, 0.15) is 5.82 Å². The fourth-order valence-electron chi connectivity index (χ4n) is 3.36. The molecular weight excluding hydrogens is 316 g/mol. The van der Waals surface area contributed by atoms with E-state index in [-0.39, 0.29) is 11.8 Å². The highest BCUT2D eigenvalue weighted by Crippen LogP contribution is 2.39. The van der Waals surface area contributed by atoms with Crippen LogP contribution in [0, 0.1) is 11.8 Å². The van der Waals surface area contributed by atoms with Crippen LogP contribution >= 0.6 is 0 Å². The van der Waals surface area contributed by atoms with Crippen molar-refractivity contribution in [3.63, 3.8) is 0 Å². The van der Waals surface area contributed by atoms with Gasteiger partial charge in [0.25, 0.3) is 0 Å². The first-order chi connectivity index (χ1) is 11.5. The van der Waals surface area contributed by atoms with Crippen LogP contribution in [0.5, 0.6) is 0 Å². The molecule has 2 atom stereocenters. The summed E-state index contributed by atoms with van der Waals surface area (Å²) in [5.74, 6) is 1.79. The minimum absolute atomic E-state index is 0.180. The Morgan fingerprint density at radius 3 is 2.75 bits per heavy atom. The van der Waals surface area contributed by atoms with Crippen molar-refractivity contribution in [2.24, 2.45) is 11.8 Å². The van der Waals surface area contributed by atoms with Gasteiger partial charge in [0, 0.05) is 43.7 Å². The predicted octanol–water partition coefficient (Wildman–Crippen LogP) is 2.18. The van der Waals surface area contributed by atoms with Crippen LogP contribution < -0.4 is 0 Å². The SMILES string of the molecule is CC1CC1C(=O)N1CCc2ncc(-c3cnn(C(F)F)c3)n2CC1. The van der Waals surface area contributed by atoms with Gasteiger partial charge in [0.15, 0.2) is 0 Å². The molecule has 0 radical (unpaired) electrons. The van der Waals surface area contributed by atoms with Crippen LogP contribution in [0.4, 0.5) is 8.78 Å². The second-order valence-electron chi connectivity index (χ2n) is 6.59. The predicted molar refractivity (Wildman–Crippen MR) is 82.3 cm³/mol. The van der Waals surface area contributed by atoms with Crippen molar-refractivity contribution in [3.05, 3.63) is 24.4 Å². The summed E-state index contributed by atoms with van der Waals surface area (Å²) in [4.78, 5) is 18.8. The molecule has 1 aliphatic carbocycles. The Bertz CT molecular complexity index is 768. The molecule has 1 saturated carbocycles. The van der Waals surface area contributed by atoms with Gasteiger partial charge in [0.05, 0.1) is 18.1 Å². The largest absolute Gasteiger partial charge is 0.340 e. The minimum Gasteiger partial charge on any atom is -0.340 e. The van der Waals surface area contributed by atoms with Gasteiger partial charge >= 0.3 is 6.55 Å². The normalized spacial score (nSPS) is 23.2. The van der Waals surface area contributed by atoms with E-state index in [1.54, 1.807) is 6.20 Å². The van der Waals surface area contributed by atoms with Crippen LogP contribution in [-0.2, 0) is 17.8 Å². The molecule has 4 rings (SSSR count). The molecule has 2 aliphatic rings. The summed E-state index contributed by atoms with van der Waals surface area (Å²) in [5.41, 5.74) is 1.38. The summed E-state index contributed by atoms with van der Waals surface area (Å²) in [7, 11) is 0. The number of nitrogens with zero attached hydrogens (tertiary/aromatic N) is 5. The summed E-state index contributed by atoms with van der Waals surface area (Å²) in [6.45, 7) is 1.36. The maximum absolute atomic E-state index is 12.7. The van der Waals surface area contributed by atoms with Crippen molar-refractivity contribution in [2.45, 2.75) is 32.9 Å². The first-order valence-electron chi connectivity index (χ1n) is 8.20. The number of carbonyl (C=O) groups is 1. The molecule has 2 unspecified atom stereocenters. The van der Waals surface area contributed by atoms with E-state index in [0.29, 0.717) is 42.2 Å². The molecule has 128 valence electrons. The van der Waals surface area contributed by atoms with Gasteiger partial charge < -0.3 is 9.47 Å². The third-order valence-electron chi connectivity index (χ3n) is 4.97. The maximum atomic E-state index is 12.7. The van der Waals surface area contributed by atoms with E-state index in [1.165, 1.54) is 12.4 Å². The first kappa shape index (κ1) is 15.3. The molecule has 24 heavy (non-hydrogen) atoms. The number of hydrogen-bond donors (Lipinski definition) is 0. The molecule has 0 spiro atoms. The maximum Gasteiger partial charge on any atom is 0.333 e. The molecular formula is C16H19F2N5O. The number of hydrogen-bond acceptors (Lipinski definition) is 3. The van der Waals surface area contributed by atoms with Gasteiger partial charge in [-0.25, -0.2) is 9.67 Å². The van der Waals surface area contributed by atoms with Crippen molar-refractivity contribution in [1.29, 1.82) is 0 Å². The molecule has 2 aromatic rings. The molecule has 1 aliphatic heterocycles. The van der Waals surface area contributed by atoms with E-state index in [1.807, 2.05) is 9.47 Å². The Kier molecular flexibility index (Phi) is 3.62. The van der Waals surface area contributed by atoms with Gasteiger partial charge in [-0.1, -0.05) is 6.92 Å². The van der Waals surface area contributed by atoms with Crippen molar-refractivity contribution in [3.8, 4) is 11.3 Å². The molecule has 8 heteroatoms. The summed E-state index contributed by atoms with van der Waals surface area (Å²) in [5, 5.41) is 3.69. The molecule has 0 saturated heterocycles. The Morgan fingerprint density at radius 1 is 1.29 bits per heavy atom. The number of carbonyl (C=O) groups excluding carboxylic acids is 1. The quantitative estimate of drug-likeness (QED) is 0.864. The Labute approximate surface area is 138 Å². The van der Waals surface area contributed by atoms with Crippen molar-refractivity contribution in [2.75, 3.05) is 13.1 Å². The second-order valence-corrected chi connectivity index (χ2v) is 6.59. The zero-order valence-corrected chi connectivity index (χ0v) is 13.4. The zero-order valence-electron chi connectivity index (χ0n) is 13.4. The average molecular weight is 335 g/mol. The van der Waals surface area contributed by atoms with Crippen molar-refractivity contribution >= 4 is 5.91 Å². The number of amides is 1. The second kappa shape index (κ2) is 5.68. The summed E-state index contributed by atoms with van der Waals surface area (Å²) >= 11 is 0. The lowest BCUT2D eigenvalue weighted by atomic mass is 10.2. The highest BCUT2D eigenvalue weighted by atomic mass is 19.3. The molecule has 2 aromatic heterocycles. The number of imidazole rings is 1. The van der Waals surface area contributed by atoms with E-state index in [2.05, 4.69) is 17.0 Å². The summed E-state index contributed by atoms with van der Waals surface area (Å²) in [6, 6.07) is 0. The molecule has 1 amide bonds. The first-order valence-corrected chi connectivity index (χ1v) is 8.20. The molecule has 0 aromatic carbocycles. The fraction of sp³-hybridized carbons (Fsp3) is 0.562. The fourth-order valence-corrected chi connectivity index (χ4v) is 3.36. The van der Waals surface area contributed by atoms with E-state index in [4.69, 9.17) is 0 Å². The highest BCUT2D eigenvalue weighted by molar-refractivity contribution is 5.81. The van der Waals surface area contributed by atoms with Crippen molar-refractivity contribution in [1.82, 2.24) is 24.2 Å². The number of alkyl halides is 2. The molecule has 6 nitrogen and oxygen atoms in total. The van der Waals surface area contributed by atoms with Gasteiger partial charge in [-0.15, -0.1) is 0 Å². The lowest BCUT2D eigenvalue weighted by molar-refractivity contribution is -0.132. The van der Waals surface area contributed by atoms with Crippen LogP contribution in [-0.4, -0.2) is 43.2 Å². The average Bonchev–Trinajstić information content (AvgIpc) is 2.97. The smallest absolute Gasteiger partial charge is 0.333 e. The van der Waals surface area contributed by atoms with Gasteiger partial charge in [-0.3, -0.25) is 4.79 Å². The van der Waals surface area contributed by atoms with Crippen LogP contribution in [0.25, 0.3) is 11.3 Å². The highest BCUT2D eigenvalue weighted by Gasteiger charge is 2.41. The molecule has 1 fully saturated rings. The lowest BCUT2D eigenvalue weighted by Crippen LogP contribution is -2.35. The molecule has 0 bridgehead atoms. The standard InChI is InChI=1S/C16H19F2N5O/c1-10-6-12(10)15(24)21-3-2-14-19-8-13(22(14)5-4-21)11-7-20-23(9-11)16(17)18/h7-10,12,16H,2-6H2,1H3. The summed E-state index contributed by atoms with van der Waals surface area (Å²) < 4.78 is 28.1. The molecule has 3 heterocycles. The monoisotopic (exact) mass is 335 g/mol. The summed E-state index contributed by atoms with van der Waals surface area (Å²) in [6.07, 6.45) is 6.11. The van der Waals surface area contributed by atoms with Gasteiger partial charge in [0.2, 0.25) is 5.91 Å². The van der Waals surface area contributed by atoms with Gasteiger partial charge in [-0.05, 0) is 12.3 Å². The third-order valence-corrected chi connectivity index (χ3v) is 4.97. The topological polar surface area (TPSA) is 56.0 Å². The van der Waals surface area contributed by atoms with Crippen LogP contribution in [0.1, 0.15) is 25.7 Å². The Morgan fingerprint density at radius 2 is 2.08 bits per heavy atom. The number of aromatic nitrogens is 4. The van der Waals surface area contributed by atoms with E-state index in [0.717, 1.165) is 17.9 Å². The number of halogens is 2. The Balaban J connectivity index is 1.54. The van der Waals surface area contributed by atoms with Crippen LogP contribution in [0.2, 0.25) is 0 Å².